The van der Waals surface area contributed by atoms with Gasteiger partial charge in [-0.05, 0) is 19.1 Å². The molecule has 1 amide bonds. The van der Waals surface area contributed by atoms with E-state index in [1.807, 2.05) is 37.3 Å². The van der Waals surface area contributed by atoms with Crippen molar-refractivity contribution in [2.24, 2.45) is 0 Å². The fourth-order valence-electron chi connectivity index (χ4n) is 2.96. The van der Waals surface area contributed by atoms with Gasteiger partial charge in [-0.2, -0.15) is 5.10 Å². The van der Waals surface area contributed by atoms with E-state index >= 15 is 0 Å². The zero-order chi connectivity index (χ0) is 21.3. The molecule has 150 valence electrons. The number of nitro benzene ring substituents is 1. The van der Waals surface area contributed by atoms with E-state index in [9.17, 15) is 19.7 Å². The molecule has 0 fully saturated rings. The van der Waals surface area contributed by atoms with Crippen molar-refractivity contribution in [2.45, 2.75) is 13.5 Å². The number of nitrogens with one attached hydrogen (secondary N) is 1. The van der Waals surface area contributed by atoms with Crippen molar-refractivity contribution >= 4 is 38.8 Å². The van der Waals surface area contributed by atoms with E-state index < -0.39 is 16.4 Å². The van der Waals surface area contributed by atoms with Crippen LogP contribution in [0.2, 0.25) is 0 Å². The zero-order valence-corrected chi connectivity index (χ0v) is 16.5. The van der Waals surface area contributed by atoms with Gasteiger partial charge >= 0.3 is 0 Å². The molecule has 4 rings (SSSR count). The molecule has 0 saturated heterocycles. The van der Waals surface area contributed by atoms with Crippen LogP contribution in [0.15, 0.2) is 59.4 Å². The number of hydrogen-bond donors (Lipinski definition) is 1. The molecule has 1 N–H and O–H groups in total. The van der Waals surface area contributed by atoms with Crippen molar-refractivity contribution in [1.29, 1.82) is 0 Å². The Morgan fingerprint density at radius 3 is 2.53 bits per heavy atom. The fourth-order valence-corrected chi connectivity index (χ4v) is 3.88. The van der Waals surface area contributed by atoms with E-state index in [1.54, 1.807) is 0 Å². The highest BCUT2D eigenvalue weighted by Crippen LogP contribution is 2.29. The lowest BCUT2D eigenvalue weighted by Crippen LogP contribution is -2.30. The van der Waals surface area contributed by atoms with E-state index in [0.717, 1.165) is 15.3 Å². The van der Waals surface area contributed by atoms with Crippen LogP contribution < -0.4 is 10.9 Å². The highest BCUT2D eigenvalue weighted by Gasteiger charge is 2.18. The molecule has 0 aliphatic heterocycles. The van der Waals surface area contributed by atoms with Gasteiger partial charge in [0, 0.05) is 23.4 Å². The molecule has 0 bridgehead atoms. The van der Waals surface area contributed by atoms with Crippen molar-refractivity contribution in [3.8, 4) is 11.3 Å². The van der Waals surface area contributed by atoms with E-state index in [4.69, 9.17) is 0 Å². The number of amides is 1. The number of nitro groups is 1. The van der Waals surface area contributed by atoms with Gasteiger partial charge in [-0.25, -0.2) is 9.67 Å². The van der Waals surface area contributed by atoms with Gasteiger partial charge in [-0.15, -0.1) is 11.3 Å². The predicted octanol–water partition coefficient (Wildman–Crippen LogP) is 3.38. The van der Waals surface area contributed by atoms with Crippen LogP contribution in [0.1, 0.15) is 5.01 Å². The van der Waals surface area contributed by atoms with Gasteiger partial charge in [0.25, 0.3) is 11.2 Å². The summed E-state index contributed by atoms with van der Waals surface area (Å²) in [6, 6.07) is 14.8. The fraction of sp³-hybridized carbons (Fsp3) is 0.100. The van der Waals surface area contributed by atoms with Crippen LogP contribution in [0.25, 0.3) is 21.5 Å². The number of carbonyl (C=O) groups excluding carboxylic acids is 1. The molecule has 30 heavy (non-hydrogen) atoms. The van der Waals surface area contributed by atoms with Crippen LogP contribution in [-0.2, 0) is 11.3 Å². The van der Waals surface area contributed by atoms with Crippen LogP contribution in [0.5, 0.6) is 0 Å². The molecule has 4 aromatic rings. The van der Waals surface area contributed by atoms with Crippen LogP contribution in [0.3, 0.4) is 0 Å². The highest BCUT2D eigenvalue weighted by atomic mass is 32.1. The van der Waals surface area contributed by atoms with E-state index in [-0.39, 0.29) is 17.7 Å². The molecule has 2 aromatic carbocycles. The van der Waals surface area contributed by atoms with Gasteiger partial charge in [0.15, 0.2) is 5.52 Å². The number of fused-ring (bicyclic) bond motifs is 1. The van der Waals surface area contributed by atoms with Gasteiger partial charge in [0.1, 0.15) is 12.2 Å². The first-order chi connectivity index (χ1) is 14.4. The molecule has 9 nitrogen and oxygen atoms in total. The molecule has 0 spiro atoms. The monoisotopic (exact) mass is 421 g/mol. The molecule has 0 atom stereocenters. The molecule has 0 saturated carbocycles. The summed E-state index contributed by atoms with van der Waals surface area (Å²) in [5.41, 5.74) is 1.52. The maximum absolute atomic E-state index is 12.8. The Bertz CT molecular complexity index is 1310. The number of rotatable bonds is 5. The van der Waals surface area contributed by atoms with Gasteiger partial charge in [-0.1, -0.05) is 30.3 Å². The third-order valence-corrected chi connectivity index (χ3v) is 5.29. The smallest absolute Gasteiger partial charge is 0.294 e. The number of non-ortho nitro benzene ring substituents is 1. The maximum Gasteiger partial charge on any atom is 0.294 e. The quantitative estimate of drug-likeness (QED) is 0.390. The summed E-state index contributed by atoms with van der Waals surface area (Å²) in [6.07, 6.45) is 0. The zero-order valence-electron chi connectivity index (χ0n) is 15.7. The molecule has 2 heterocycles. The van der Waals surface area contributed by atoms with Gasteiger partial charge in [0.05, 0.1) is 14.6 Å². The molecule has 2 aromatic heterocycles. The Labute approximate surface area is 173 Å². The van der Waals surface area contributed by atoms with Crippen molar-refractivity contribution in [1.82, 2.24) is 14.8 Å². The molecule has 0 unspecified atom stereocenters. The van der Waals surface area contributed by atoms with Gasteiger partial charge < -0.3 is 5.32 Å². The number of benzene rings is 2. The number of anilines is 1. The average Bonchev–Trinajstić information content (AvgIpc) is 3.13. The number of hydrogen-bond acceptors (Lipinski definition) is 7. The minimum atomic E-state index is -0.523. The SMILES string of the molecule is Cc1nc2c(=O)n(CC(=O)Nc3ccc([N+](=O)[O-])cc3)nc(-c3ccccc3)c2s1. The Morgan fingerprint density at radius 2 is 1.87 bits per heavy atom. The van der Waals surface area contributed by atoms with Crippen LogP contribution in [0.4, 0.5) is 11.4 Å². The van der Waals surface area contributed by atoms with E-state index in [1.165, 1.54) is 35.6 Å². The lowest BCUT2D eigenvalue weighted by atomic mass is 10.1. The Hall–Kier alpha value is -3.92. The molecule has 10 heteroatoms. The average molecular weight is 421 g/mol. The normalized spacial score (nSPS) is 10.8. The number of aryl methyl sites for hydroxylation is 1. The minimum absolute atomic E-state index is 0.0808. The first kappa shape index (κ1) is 19.4. The second-order valence-corrected chi connectivity index (χ2v) is 7.64. The van der Waals surface area contributed by atoms with Crippen molar-refractivity contribution < 1.29 is 9.72 Å². The highest BCUT2D eigenvalue weighted by molar-refractivity contribution is 7.19. The van der Waals surface area contributed by atoms with Gasteiger partial charge in [0.2, 0.25) is 5.91 Å². The Morgan fingerprint density at radius 1 is 1.17 bits per heavy atom. The van der Waals surface area contributed by atoms with Crippen LogP contribution in [-0.4, -0.2) is 25.6 Å². The largest absolute Gasteiger partial charge is 0.324 e. The molecular weight excluding hydrogens is 406 g/mol. The number of thiazole rings is 1. The number of aromatic nitrogens is 3. The number of carbonyl (C=O) groups is 1. The lowest BCUT2D eigenvalue weighted by Gasteiger charge is -2.09. The summed E-state index contributed by atoms with van der Waals surface area (Å²) in [7, 11) is 0. The minimum Gasteiger partial charge on any atom is -0.324 e. The van der Waals surface area contributed by atoms with Crippen molar-refractivity contribution in [2.75, 3.05) is 5.32 Å². The predicted molar refractivity (Wildman–Crippen MR) is 114 cm³/mol. The standard InChI is InChI=1S/C20H15N5O4S/c1-12-21-18-19(30-12)17(13-5-3-2-4-6-13)23-24(20(18)27)11-16(26)22-14-7-9-15(10-8-14)25(28)29/h2-10H,11H2,1H3,(H,22,26). The summed E-state index contributed by atoms with van der Waals surface area (Å²) in [6.45, 7) is 1.49. The third kappa shape index (κ3) is 3.80. The van der Waals surface area contributed by atoms with E-state index in [2.05, 4.69) is 15.4 Å². The first-order valence-electron chi connectivity index (χ1n) is 8.90. The van der Waals surface area contributed by atoms with E-state index in [0.29, 0.717) is 16.1 Å². The third-order valence-electron chi connectivity index (χ3n) is 4.31. The lowest BCUT2D eigenvalue weighted by molar-refractivity contribution is -0.384. The second kappa shape index (κ2) is 7.84. The maximum atomic E-state index is 12.8. The Kier molecular flexibility index (Phi) is 5.07. The van der Waals surface area contributed by atoms with Crippen molar-refractivity contribution in [3.63, 3.8) is 0 Å². The summed E-state index contributed by atoms with van der Waals surface area (Å²) >= 11 is 1.38. The first-order valence-corrected chi connectivity index (χ1v) is 9.72. The van der Waals surface area contributed by atoms with Crippen molar-refractivity contribution in [3.05, 3.63) is 80.1 Å². The summed E-state index contributed by atoms with van der Waals surface area (Å²) in [5.74, 6) is -0.483. The molecule has 0 aliphatic carbocycles. The topological polar surface area (TPSA) is 120 Å². The van der Waals surface area contributed by atoms with Gasteiger partial charge in [-0.3, -0.25) is 19.7 Å². The molecule has 0 radical (unpaired) electrons. The second-order valence-electron chi connectivity index (χ2n) is 6.44. The summed E-state index contributed by atoms with van der Waals surface area (Å²) in [4.78, 5) is 39.8. The van der Waals surface area contributed by atoms with Crippen LogP contribution in [0, 0.1) is 17.0 Å². The summed E-state index contributed by atoms with van der Waals surface area (Å²) in [5, 5.41) is 18.5. The van der Waals surface area contributed by atoms with Crippen LogP contribution >= 0.6 is 11.3 Å². The Balaban J connectivity index is 1.67. The molecular formula is C20H15N5O4S. The number of nitrogens with zero attached hydrogens (tertiary/aromatic N) is 4. The summed E-state index contributed by atoms with van der Waals surface area (Å²) < 4.78 is 1.76. The molecule has 0 aliphatic rings.